The number of imidazole rings is 2. The molecule has 2 aliphatic heterocycles. The van der Waals surface area contributed by atoms with Crippen LogP contribution >= 0.6 is 12.4 Å². The van der Waals surface area contributed by atoms with Crippen LogP contribution in [0.3, 0.4) is 0 Å². The Morgan fingerprint density at radius 1 is 1.09 bits per heavy atom. The van der Waals surface area contributed by atoms with Crippen LogP contribution in [0, 0.1) is 5.92 Å². The Morgan fingerprint density at radius 2 is 1.70 bits per heavy atom. The molecular formula is C28H33ClF3N5O8S. The molecule has 3 aromatic rings. The fraction of sp³-hybridized carbons (Fsp3) is 0.429. The number of rotatable bonds is 2. The van der Waals surface area contributed by atoms with Crippen LogP contribution in [0.4, 0.5) is 13.2 Å². The summed E-state index contributed by atoms with van der Waals surface area (Å²) in [5.41, 5.74) is -3.38. The number of nitrogens with zero attached hydrogens (tertiary/aromatic N) is 3. The third-order valence-corrected chi connectivity index (χ3v) is 8.36. The number of carbonyl (C=O) groups is 2. The monoisotopic (exact) mass is 691 g/mol. The molecule has 2 aliphatic carbocycles. The molecule has 2 bridgehead atoms. The van der Waals surface area contributed by atoms with Gasteiger partial charge < -0.3 is 29.1 Å². The number of carbonyl (C=O) groups excluding carboxylic acids is 2. The molecule has 13 nitrogen and oxygen atoms in total. The van der Waals surface area contributed by atoms with Gasteiger partial charge in [0.2, 0.25) is 0 Å². The van der Waals surface area contributed by atoms with Gasteiger partial charge >= 0.3 is 27.6 Å². The summed E-state index contributed by atoms with van der Waals surface area (Å²) >= 11 is 0. The molecule has 7 rings (SSSR count). The van der Waals surface area contributed by atoms with Crippen molar-refractivity contribution in [2.45, 2.75) is 55.9 Å². The van der Waals surface area contributed by atoms with Gasteiger partial charge in [-0.25, -0.2) is 9.97 Å². The van der Waals surface area contributed by atoms with Gasteiger partial charge in [-0.1, -0.05) is 12.1 Å². The molecule has 252 valence electrons. The zero-order valence-electron chi connectivity index (χ0n) is 24.8. The molecule has 5 atom stereocenters. The highest BCUT2D eigenvalue weighted by atomic mass is 35.5. The molecule has 0 unspecified atom stereocenters. The molecule has 4 aliphatic rings. The average Bonchev–Trinajstić information content (AvgIpc) is 3.75. The molecule has 4 heterocycles. The molecule has 1 aromatic carbocycles. The topological polar surface area (TPSA) is 177 Å². The average molecular weight is 692 g/mol. The number of nitrogens with one attached hydrogen (secondary N) is 2. The van der Waals surface area contributed by atoms with Gasteiger partial charge in [-0.2, -0.15) is 21.6 Å². The molecule has 1 spiro atoms. The molecule has 1 fully saturated rings. The van der Waals surface area contributed by atoms with Crippen LogP contribution in [0.25, 0.3) is 0 Å². The number of likely N-dealkylation sites (N-methyl/N-ethyl adjacent to an activating group) is 1. The highest BCUT2D eigenvalue weighted by Gasteiger charge is 2.65. The maximum Gasteiger partial charge on any atom is 0.522 e. The van der Waals surface area contributed by atoms with Gasteiger partial charge in [-0.15, -0.1) is 12.4 Å². The summed E-state index contributed by atoms with van der Waals surface area (Å²) in [6.07, 6.45) is 15.5. The summed E-state index contributed by atoms with van der Waals surface area (Å²) < 4.78 is 75.0. The van der Waals surface area contributed by atoms with Crippen molar-refractivity contribution >= 4 is 34.5 Å². The number of piperidine rings is 1. The summed E-state index contributed by atoms with van der Waals surface area (Å²) in [5, 5.41) is 0. The van der Waals surface area contributed by atoms with Crippen molar-refractivity contribution in [2.24, 2.45) is 5.92 Å². The number of alkyl halides is 3. The Morgan fingerprint density at radius 3 is 2.15 bits per heavy atom. The highest BCUT2D eigenvalue weighted by molar-refractivity contribution is 7.86. The number of ether oxygens (including phenoxy) is 3. The van der Waals surface area contributed by atoms with Crippen molar-refractivity contribution in [3.63, 3.8) is 0 Å². The predicted molar refractivity (Wildman–Crippen MR) is 159 cm³/mol. The van der Waals surface area contributed by atoms with E-state index in [0.29, 0.717) is 17.5 Å². The van der Waals surface area contributed by atoms with E-state index in [0.717, 1.165) is 24.9 Å². The lowest BCUT2D eigenvalue weighted by atomic mass is 9.53. The van der Waals surface area contributed by atoms with E-state index in [1.54, 1.807) is 37.4 Å². The lowest BCUT2D eigenvalue weighted by Gasteiger charge is -2.56. The van der Waals surface area contributed by atoms with Crippen LogP contribution in [0.5, 0.6) is 11.5 Å². The largest absolute Gasteiger partial charge is 0.522 e. The smallest absolute Gasteiger partial charge is 0.481 e. The second-order valence-corrected chi connectivity index (χ2v) is 11.9. The van der Waals surface area contributed by atoms with Crippen molar-refractivity contribution in [1.82, 2.24) is 24.8 Å². The van der Waals surface area contributed by atoms with E-state index in [1.165, 1.54) is 19.4 Å². The predicted octanol–water partition coefficient (Wildman–Crippen LogP) is 3.62. The molecule has 1 saturated heterocycles. The van der Waals surface area contributed by atoms with E-state index in [-0.39, 0.29) is 41.8 Å². The zero-order valence-corrected chi connectivity index (χ0v) is 26.4. The van der Waals surface area contributed by atoms with Gasteiger partial charge in [0, 0.05) is 61.6 Å². The first-order valence-corrected chi connectivity index (χ1v) is 15.1. The van der Waals surface area contributed by atoms with Crippen LogP contribution in [0.15, 0.2) is 61.7 Å². The first-order valence-electron chi connectivity index (χ1n) is 13.6. The van der Waals surface area contributed by atoms with Crippen molar-refractivity contribution in [1.29, 1.82) is 0 Å². The molecule has 0 amide bonds. The van der Waals surface area contributed by atoms with Crippen molar-refractivity contribution in [2.75, 3.05) is 13.6 Å². The van der Waals surface area contributed by atoms with E-state index in [4.69, 9.17) is 27.2 Å². The summed E-state index contributed by atoms with van der Waals surface area (Å²) in [6.45, 7) is 3.77. The summed E-state index contributed by atoms with van der Waals surface area (Å²) in [6, 6.07) is 4.28. The maximum atomic E-state index is 11.7. The van der Waals surface area contributed by atoms with Crippen LogP contribution in [-0.4, -0.2) is 87.1 Å². The molecule has 2 aromatic heterocycles. The summed E-state index contributed by atoms with van der Waals surface area (Å²) in [5.74, 6) is 0.712. The summed E-state index contributed by atoms with van der Waals surface area (Å²) in [7, 11) is -3.67. The van der Waals surface area contributed by atoms with Gasteiger partial charge in [0.05, 0.1) is 12.7 Å². The number of likely N-dealkylation sites (tertiary alicyclic amines) is 1. The minimum Gasteiger partial charge on any atom is -0.481 e. The Hall–Kier alpha value is -3.93. The lowest BCUT2D eigenvalue weighted by molar-refractivity contribution is -0.152. The number of aromatic nitrogens is 4. The van der Waals surface area contributed by atoms with Crippen molar-refractivity contribution in [3.8, 4) is 11.5 Å². The number of halogens is 4. The molecule has 3 N–H and O–H groups in total. The highest BCUT2D eigenvalue weighted by Crippen LogP contribution is 2.62. The Kier molecular flexibility index (Phi) is 11.6. The van der Waals surface area contributed by atoms with Crippen LogP contribution < -0.4 is 9.47 Å². The number of H-pyrrole nitrogens is 2. The van der Waals surface area contributed by atoms with Gasteiger partial charge in [-0.3, -0.25) is 14.1 Å². The molecule has 0 saturated carbocycles. The SMILES string of the molecule is CC(=O)Oc1ccc2c3c1O[C@H]1[C@@H](OC(C)=O)C=C[C@H]4[C@@H](C2)N(C)CC[C@@]341.Cl.O=S(=O)(O)C(F)(F)F.c1c[nH]cn1.c1c[nH]cn1. The van der Waals surface area contributed by atoms with E-state index in [1.807, 2.05) is 12.1 Å². The van der Waals surface area contributed by atoms with Gasteiger partial charge in [0.1, 0.15) is 6.10 Å². The van der Waals surface area contributed by atoms with Crippen LogP contribution in [0.1, 0.15) is 31.4 Å². The van der Waals surface area contributed by atoms with Gasteiger partial charge in [0.25, 0.3) is 0 Å². The first kappa shape index (κ1) is 36.5. The number of hydrogen-bond acceptors (Lipinski definition) is 10. The van der Waals surface area contributed by atoms with E-state index in [9.17, 15) is 22.8 Å². The number of benzene rings is 1. The zero-order chi connectivity index (χ0) is 33.0. The lowest BCUT2D eigenvalue weighted by Crippen LogP contribution is -2.65. The number of hydrogen-bond donors (Lipinski definition) is 3. The minimum atomic E-state index is -5.84. The van der Waals surface area contributed by atoms with E-state index < -0.39 is 21.7 Å². The first-order chi connectivity index (χ1) is 21.2. The third-order valence-electron chi connectivity index (χ3n) is 7.78. The van der Waals surface area contributed by atoms with Crippen molar-refractivity contribution in [3.05, 3.63) is 72.9 Å². The van der Waals surface area contributed by atoms with Crippen LogP contribution in [-0.2, 0) is 36.3 Å². The molecule has 46 heavy (non-hydrogen) atoms. The van der Waals surface area contributed by atoms with Crippen molar-refractivity contribution < 1.29 is 49.9 Å². The van der Waals surface area contributed by atoms with E-state index >= 15 is 0 Å². The Balaban J connectivity index is 0.000000247. The minimum absolute atomic E-state index is 0. The third kappa shape index (κ3) is 7.71. The summed E-state index contributed by atoms with van der Waals surface area (Å²) in [4.78, 5) is 38.5. The molecular weight excluding hydrogens is 659 g/mol. The normalized spacial score (nSPS) is 24.8. The quantitative estimate of drug-likeness (QED) is 0.118. The standard InChI is InChI=1S/C21H23NO5.2C3H4N2.CHF3O3S.ClH/c1-11(23)25-16-6-4-13-10-15-14-5-7-17(26-12(2)24)20-21(14,8-9-22(15)3)18(13)19(16)27-20;2*1-2-5-3-4-1;2-1(3,4)8(5,6)7;/h4-7,14-15,17,20H,8-10H2,1-3H3;2*1-3H,(H,4,5);(H,5,6,7);1H/t14-,15+,17-,20-,21-;;;;/m0..../s1. The van der Waals surface area contributed by atoms with Crippen LogP contribution in [0.2, 0.25) is 0 Å². The number of esters is 2. The second-order valence-electron chi connectivity index (χ2n) is 10.5. The van der Waals surface area contributed by atoms with E-state index in [2.05, 4.69) is 44.0 Å². The van der Waals surface area contributed by atoms with Gasteiger partial charge in [0.15, 0.2) is 17.6 Å². The second kappa shape index (κ2) is 14.7. The Labute approximate surface area is 268 Å². The fourth-order valence-electron chi connectivity index (χ4n) is 6.17. The molecule has 18 heteroatoms. The van der Waals surface area contributed by atoms with Gasteiger partial charge in [-0.05, 0) is 44.1 Å². The molecule has 0 radical (unpaired) electrons. The number of aromatic amines is 2. The Bertz CT molecular complexity index is 1540. The fourth-order valence-corrected chi connectivity index (χ4v) is 6.17. The maximum absolute atomic E-state index is 11.7.